The van der Waals surface area contributed by atoms with Crippen LogP contribution in [-0.2, 0) is 16.1 Å². The molecule has 0 saturated carbocycles. The first-order valence-electron chi connectivity index (χ1n) is 7.48. The van der Waals surface area contributed by atoms with Crippen molar-refractivity contribution in [2.45, 2.75) is 26.3 Å². The monoisotopic (exact) mass is 321 g/mol. The van der Waals surface area contributed by atoms with Gasteiger partial charge in [-0.3, -0.25) is 19.4 Å². The van der Waals surface area contributed by atoms with E-state index in [1.165, 1.54) is 11.3 Å². The van der Waals surface area contributed by atoms with E-state index in [-0.39, 0.29) is 13.2 Å². The molecule has 2 saturated heterocycles. The number of piperidine rings is 1. The van der Waals surface area contributed by atoms with Crippen molar-refractivity contribution in [3.8, 4) is 0 Å². The Morgan fingerprint density at radius 2 is 1.82 bits per heavy atom. The molecule has 7 heteroatoms. The van der Waals surface area contributed by atoms with E-state index in [4.69, 9.17) is 0 Å². The molecule has 1 aromatic heterocycles. The van der Waals surface area contributed by atoms with Crippen LogP contribution in [0.15, 0.2) is 17.5 Å². The summed E-state index contributed by atoms with van der Waals surface area (Å²) >= 11 is 1.47. The highest BCUT2D eigenvalue weighted by Gasteiger charge is 2.45. The van der Waals surface area contributed by atoms with E-state index < -0.39 is 17.8 Å². The zero-order valence-electron chi connectivity index (χ0n) is 12.5. The first-order chi connectivity index (χ1) is 10.6. The van der Waals surface area contributed by atoms with Crippen LogP contribution in [0.3, 0.4) is 0 Å². The average Bonchev–Trinajstić information content (AvgIpc) is 3.09. The van der Waals surface area contributed by atoms with Crippen LogP contribution in [0.1, 0.15) is 24.6 Å². The summed E-state index contributed by atoms with van der Waals surface area (Å²) in [5.74, 6) is -0.748. The van der Waals surface area contributed by atoms with Crippen LogP contribution < -0.4 is 0 Å². The Hall–Kier alpha value is -1.73. The van der Waals surface area contributed by atoms with Crippen LogP contribution in [0.2, 0.25) is 0 Å². The van der Waals surface area contributed by atoms with Gasteiger partial charge >= 0.3 is 17.8 Å². The summed E-state index contributed by atoms with van der Waals surface area (Å²) in [7, 11) is 0. The second kappa shape index (κ2) is 6.18. The van der Waals surface area contributed by atoms with Gasteiger partial charge in [-0.2, -0.15) is 0 Å². The number of imide groups is 2. The van der Waals surface area contributed by atoms with Crippen LogP contribution in [-0.4, -0.2) is 52.3 Å². The highest BCUT2D eigenvalue weighted by Crippen LogP contribution is 2.21. The molecule has 0 radical (unpaired) electrons. The molecule has 0 bridgehead atoms. The summed E-state index contributed by atoms with van der Waals surface area (Å²) in [6.45, 7) is 4.32. The number of carbonyl (C=O) groups is 3. The third kappa shape index (κ3) is 2.91. The molecule has 2 aliphatic heterocycles. The number of thiophene rings is 1. The van der Waals surface area contributed by atoms with Gasteiger partial charge in [-0.05, 0) is 30.2 Å². The van der Waals surface area contributed by atoms with Gasteiger partial charge in [0.2, 0.25) is 0 Å². The van der Waals surface area contributed by atoms with Crippen molar-refractivity contribution in [2.24, 2.45) is 5.92 Å². The predicted molar refractivity (Wildman–Crippen MR) is 81.9 cm³/mol. The lowest BCUT2D eigenvalue weighted by molar-refractivity contribution is -0.144. The molecule has 3 rings (SSSR count). The van der Waals surface area contributed by atoms with Crippen LogP contribution >= 0.6 is 11.3 Å². The number of urea groups is 1. The van der Waals surface area contributed by atoms with Crippen molar-refractivity contribution in [1.29, 1.82) is 0 Å². The molecule has 2 fully saturated rings. The van der Waals surface area contributed by atoms with Gasteiger partial charge in [0.25, 0.3) is 0 Å². The van der Waals surface area contributed by atoms with Crippen LogP contribution in [0.25, 0.3) is 0 Å². The molecule has 4 amide bonds. The number of nitrogens with zero attached hydrogens (tertiary/aromatic N) is 3. The number of carbonyl (C=O) groups excluding carboxylic acids is 3. The molecule has 0 aromatic carbocycles. The summed E-state index contributed by atoms with van der Waals surface area (Å²) in [6, 6.07) is 3.21. The summed E-state index contributed by atoms with van der Waals surface area (Å²) in [4.78, 5) is 41.6. The lowest BCUT2D eigenvalue weighted by atomic mass is 10.00. The minimum Gasteiger partial charge on any atom is -0.285 e. The fourth-order valence-electron chi connectivity index (χ4n) is 2.78. The lowest BCUT2D eigenvalue weighted by Gasteiger charge is -2.32. The lowest BCUT2D eigenvalue weighted by Crippen LogP contribution is -2.45. The van der Waals surface area contributed by atoms with Crippen molar-refractivity contribution in [3.05, 3.63) is 22.4 Å². The first-order valence-corrected chi connectivity index (χ1v) is 8.36. The summed E-state index contributed by atoms with van der Waals surface area (Å²) in [5.41, 5.74) is 0. The maximum atomic E-state index is 12.4. The zero-order valence-corrected chi connectivity index (χ0v) is 13.3. The SMILES string of the molecule is CC1CCN(CN2C(=O)C(=O)N(Cc3cccs3)C2=O)CC1. The van der Waals surface area contributed by atoms with Gasteiger partial charge in [0, 0.05) is 18.0 Å². The maximum Gasteiger partial charge on any atom is 0.335 e. The number of likely N-dealkylation sites (tertiary alicyclic amines) is 1. The van der Waals surface area contributed by atoms with Crippen molar-refractivity contribution in [2.75, 3.05) is 19.8 Å². The fraction of sp³-hybridized carbons (Fsp3) is 0.533. The van der Waals surface area contributed by atoms with E-state index in [0.717, 1.165) is 40.6 Å². The average molecular weight is 321 g/mol. The molecule has 2 aliphatic rings. The molecular weight excluding hydrogens is 302 g/mol. The predicted octanol–water partition coefficient (Wildman–Crippen LogP) is 1.73. The van der Waals surface area contributed by atoms with Crippen LogP contribution in [0.4, 0.5) is 4.79 Å². The van der Waals surface area contributed by atoms with Crippen LogP contribution in [0.5, 0.6) is 0 Å². The summed E-state index contributed by atoms with van der Waals surface area (Å²) < 4.78 is 0. The number of hydrogen-bond donors (Lipinski definition) is 0. The standard InChI is InChI=1S/C15H19N3O3S/c1-11-4-6-16(7-5-11)10-18-14(20)13(19)17(15(18)21)9-12-3-2-8-22-12/h2-3,8,11H,4-7,9-10H2,1H3. The van der Waals surface area contributed by atoms with E-state index in [2.05, 4.69) is 11.8 Å². The quantitative estimate of drug-likeness (QED) is 0.626. The molecule has 0 atom stereocenters. The molecule has 3 heterocycles. The second-order valence-corrected chi connectivity index (χ2v) is 6.96. The van der Waals surface area contributed by atoms with Crippen molar-refractivity contribution in [3.63, 3.8) is 0 Å². The third-order valence-electron chi connectivity index (χ3n) is 4.25. The van der Waals surface area contributed by atoms with Gasteiger partial charge in [-0.15, -0.1) is 11.3 Å². The molecular formula is C15H19N3O3S. The number of rotatable bonds is 4. The molecule has 0 aliphatic carbocycles. The van der Waals surface area contributed by atoms with Crippen molar-refractivity contribution >= 4 is 29.2 Å². The molecule has 0 unspecified atom stereocenters. The molecule has 22 heavy (non-hydrogen) atoms. The Labute approximate surface area is 133 Å². The zero-order chi connectivity index (χ0) is 15.7. The van der Waals surface area contributed by atoms with Gasteiger partial charge in [-0.25, -0.2) is 9.69 Å². The van der Waals surface area contributed by atoms with Crippen molar-refractivity contribution in [1.82, 2.24) is 14.7 Å². The Balaban J connectivity index is 1.66. The minimum atomic E-state index is -0.719. The molecule has 0 N–H and O–H groups in total. The molecule has 118 valence electrons. The number of hydrogen-bond acceptors (Lipinski definition) is 5. The normalized spacial score (nSPS) is 21.2. The van der Waals surface area contributed by atoms with E-state index in [9.17, 15) is 14.4 Å². The highest BCUT2D eigenvalue weighted by molar-refractivity contribution is 7.09. The van der Waals surface area contributed by atoms with Crippen LogP contribution in [0, 0.1) is 5.92 Å². The molecule has 6 nitrogen and oxygen atoms in total. The van der Waals surface area contributed by atoms with E-state index in [1.807, 2.05) is 17.5 Å². The fourth-order valence-corrected chi connectivity index (χ4v) is 3.47. The smallest absolute Gasteiger partial charge is 0.285 e. The van der Waals surface area contributed by atoms with Gasteiger partial charge in [0.05, 0.1) is 13.2 Å². The first kappa shape index (κ1) is 15.2. The van der Waals surface area contributed by atoms with E-state index >= 15 is 0 Å². The molecule has 0 spiro atoms. The van der Waals surface area contributed by atoms with E-state index in [0.29, 0.717) is 5.92 Å². The van der Waals surface area contributed by atoms with E-state index in [1.54, 1.807) is 0 Å². The second-order valence-electron chi connectivity index (χ2n) is 5.93. The molecule has 1 aromatic rings. The largest absolute Gasteiger partial charge is 0.335 e. The number of amides is 4. The third-order valence-corrected chi connectivity index (χ3v) is 5.11. The topological polar surface area (TPSA) is 60.9 Å². The van der Waals surface area contributed by atoms with Gasteiger partial charge in [-0.1, -0.05) is 13.0 Å². The summed E-state index contributed by atoms with van der Waals surface area (Å²) in [5, 5.41) is 1.88. The Morgan fingerprint density at radius 3 is 2.45 bits per heavy atom. The van der Waals surface area contributed by atoms with Gasteiger partial charge < -0.3 is 0 Å². The van der Waals surface area contributed by atoms with Gasteiger partial charge in [0.1, 0.15) is 0 Å². The van der Waals surface area contributed by atoms with Gasteiger partial charge in [0.15, 0.2) is 0 Å². The highest BCUT2D eigenvalue weighted by atomic mass is 32.1. The Bertz CT molecular complexity index is 579. The van der Waals surface area contributed by atoms with Crippen molar-refractivity contribution < 1.29 is 14.4 Å². The Kier molecular flexibility index (Phi) is 4.26. The maximum absolute atomic E-state index is 12.4. The minimum absolute atomic E-state index is 0.175. The summed E-state index contributed by atoms with van der Waals surface area (Å²) in [6.07, 6.45) is 2.12. The Morgan fingerprint density at radius 1 is 1.14 bits per heavy atom.